The molecule has 0 saturated carbocycles. The Hall–Kier alpha value is -1.10. The summed E-state index contributed by atoms with van der Waals surface area (Å²) in [5.41, 5.74) is 1.54. The Morgan fingerprint density at radius 3 is 2.62 bits per heavy atom. The molecular weight excluding hydrogens is 280 g/mol. The van der Waals surface area contributed by atoms with Gasteiger partial charge in [-0.1, -0.05) is 27.2 Å². The highest BCUT2D eigenvalue weighted by atomic mass is 32.1. The SMILES string of the molecule is CN=C(NCCCCC(C)(C)C)N(C)Cc1csc(C)n1. The van der Waals surface area contributed by atoms with Gasteiger partial charge >= 0.3 is 0 Å². The van der Waals surface area contributed by atoms with Crippen LogP contribution in [0.25, 0.3) is 0 Å². The van der Waals surface area contributed by atoms with E-state index in [1.54, 1.807) is 11.3 Å². The van der Waals surface area contributed by atoms with Crippen molar-refractivity contribution in [2.24, 2.45) is 10.4 Å². The first-order valence-electron chi connectivity index (χ1n) is 7.64. The van der Waals surface area contributed by atoms with Crippen LogP contribution in [0, 0.1) is 12.3 Å². The summed E-state index contributed by atoms with van der Waals surface area (Å²) in [6.07, 6.45) is 3.70. The summed E-state index contributed by atoms with van der Waals surface area (Å²) in [5, 5.41) is 6.66. The Kier molecular flexibility index (Phi) is 7.15. The summed E-state index contributed by atoms with van der Waals surface area (Å²) >= 11 is 1.69. The van der Waals surface area contributed by atoms with E-state index < -0.39 is 0 Å². The average Bonchev–Trinajstić information content (AvgIpc) is 2.77. The molecule has 5 heteroatoms. The maximum absolute atomic E-state index is 4.50. The van der Waals surface area contributed by atoms with Gasteiger partial charge in [0, 0.05) is 26.0 Å². The molecular formula is C16H30N4S. The quantitative estimate of drug-likeness (QED) is 0.495. The first-order chi connectivity index (χ1) is 9.81. The van der Waals surface area contributed by atoms with Crippen molar-refractivity contribution in [1.82, 2.24) is 15.2 Å². The second-order valence-electron chi connectivity index (χ2n) is 6.71. The average molecular weight is 311 g/mol. The van der Waals surface area contributed by atoms with Crippen LogP contribution in [0.2, 0.25) is 0 Å². The Morgan fingerprint density at radius 2 is 2.10 bits per heavy atom. The number of guanidine groups is 1. The first-order valence-corrected chi connectivity index (χ1v) is 8.52. The maximum Gasteiger partial charge on any atom is 0.193 e. The largest absolute Gasteiger partial charge is 0.356 e. The molecule has 0 radical (unpaired) electrons. The van der Waals surface area contributed by atoms with Crippen molar-refractivity contribution >= 4 is 17.3 Å². The molecule has 120 valence electrons. The number of aryl methyl sites for hydroxylation is 1. The fourth-order valence-electron chi connectivity index (χ4n) is 2.16. The van der Waals surface area contributed by atoms with Gasteiger partial charge < -0.3 is 10.2 Å². The van der Waals surface area contributed by atoms with E-state index in [1.165, 1.54) is 19.3 Å². The van der Waals surface area contributed by atoms with Crippen molar-refractivity contribution in [2.75, 3.05) is 20.6 Å². The smallest absolute Gasteiger partial charge is 0.193 e. The topological polar surface area (TPSA) is 40.5 Å². The lowest BCUT2D eigenvalue weighted by Crippen LogP contribution is -2.39. The van der Waals surface area contributed by atoms with E-state index >= 15 is 0 Å². The number of nitrogens with one attached hydrogen (secondary N) is 1. The molecule has 21 heavy (non-hydrogen) atoms. The third kappa shape index (κ3) is 7.46. The Balaban J connectivity index is 2.31. The van der Waals surface area contributed by atoms with Gasteiger partial charge in [0.2, 0.25) is 0 Å². The second-order valence-corrected chi connectivity index (χ2v) is 7.77. The molecule has 1 N–H and O–H groups in total. The van der Waals surface area contributed by atoms with E-state index in [-0.39, 0.29) is 0 Å². The molecule has 0 unspecified atom stereocenters. The summed E-state index contributed by atoms with van der Waals surface area (Å²) in [6, 6.07) is 0. The standard InChI is InChI=1S/C16H30N4S/c1-13-19-14(12-21-13)11-20(6)15(17-5)18-10-8-7-9-16(2,3)4/h12H,7-11H2,1-6H3,(H,17,18). The van der Waals surface area contributed by atoms with Gasteiger partial charge in [-0.15, -0.1) is 11.3 Å². The molecule has 0 saturated heterocycles. The van der Waals surface area contributed by atoms with Crippen molar-refractivity contribution in [3.8, 4) is 0 Å². The van der Waals surface area contributed by atoms with Crippen LogP contribution >= 0.6 is 11.3 Å². The Bertz CT molecular complexity index is 445. The monoisotopic (exact) mass is 310 g/mol. The molecule has 1 aromatic rings. The minimum Gasteiger partial charge on any atom is -0.356 e. The Morgan fingerprint density at radius 1 is 1.38 bits per heavy atom. The molecule has 0 aromatic carbocycles. The van der Waals surface area contributed by atoms with Crippen LogP contribution in [0.3, 0.4) is 0 Å². The fourth-order valence-corrected chi connectivity index (χ4v) is 2.77. The fraction of sp³-hybridized carbons (Fsp3) is 0.750. The zero-order chi connectivity index (χ0) is 15.9. The highest BCUT2D eigenvalue weighted by molar-refractivity contribution is 7.09. The molecule has 0 fully saturated rings. The van der Waals surface area contributed by atoms with Crippen molar-refractivity contribution in [3.63, 3.8) is 0 Å². The van der Waals surface area contributed by atoms with Crippen LogP contribution in [0.15, 0.2) is 10.4 Å². The Labute approximate surface area is 133 Å². The van der Waals surface area contributed by atoms with Crippen molar-refractivity contribution in [2.45, 2.75) is 53.5 Å². The predicted molar refractivity (Wildman–Crippen MR) is 93.0 cm³/mol. The minimum atomic E-state index is 0.431. The molecule has 0 bridgehead atoms. The number of aliphatic imine (C=N–C) groups is 1. The number of unbranched alkanes of at least 4 members (excludes halogenated alkanes) is 1. The van der Waals surface area contributed by atoms with Crippen LogP contribution in [-0.2, 0) is 6.54 Å². The zero-order valence-electron chi connectivity index (χ0n) is 14.4. The van der Waals surface area contributed by atoms with E-state index in [0.29, 0.717) is 5.41 Å². The molecule has 1 rings (SSSR count). The van der Waals surface area contributed by atoms with Crippen LogP contribution < -0.4 is 5.32 Å². The van der Waals surface area contributed by atoms with Gasteiger partial charge in [-0.2, -0.15) is 0 Å². The van der Waals surface area contributed by atoms with Gasteiger partial charge in [0.15, 0.2) is 5.96 Å². The summed E-state index contributed by atoms with van der Waals surface area (Å²) < 4.78 is 0. The number of hydrogen-bond donors (Lipinski definition) is 1. The third-order valence-electron chi connectivity index (χ3n) is 3.28. The van der Waals surface area contributed by atoms with E-state index in [0.717, 1.165) is 29.8 Å². The van der Waals surface area contributed by atoms with Crippen molar-refractivity contribution in [1.29, 1.82) is 0 Å². The molecule has 4 nitrogen and oxygen atoms in total. The molecule has 0 spiro atoms. The summed E-state index contributed by atoms with van der Waals surface area (Å²) in [4.78, 5) is 11.0. The number of nitrogens with zero attached hydrogens (tertiary/aromatic N) is 3. The molecule has 0 aliphatic rings. The first kappa shape index (κ1) is 18.0. The van der Waals surface area contributed by atoms with Gasteiger partial charge in [-0.3, -0.25) is 4.99 Å². The molecule has 1 heterocycles. The third-order valence-corrected chi connectivity index (χ3v) is 4.10. The molecule has 0 aliphatic heterocycles. The normalized spacial score (nSPS) is 12.6. The highest BCUT2D eigenvalue weighted by Gasteiger charge is 2.10. The predicted octanol–water partition coefficient (Wildman–Crippen LogP) is 3.68. The van der Waals surface area contributed by atoms with Gasteiger partial charge in [0.05, 0.1) is 17.2 Å². The van der Waals surface area contributed by atoms with Gasteiger partial charge in [-0.05, 0) is 25.2 Å². The second kappa shape index (κ2) is 8.37. The molecule has 0 amide bonds. The lowest BCUT2D eigenvalue weighted by atomic mass is 9.90. The number of rotatable bonds is 6. The zero-order valence-corrected chi connectivity index (χ0v) is 15.2. The summed E-state index contributed by atoms with van der Waals surface area (Å²) in [6.45, 7) is 10.7. The minimum absolute atomic E-state index is 0.431. The number of thiazole rings is 1. The summed E-state index contributed by atoms with van der Waals surface area (Å²) in [7, 11) is 3.89. The van der Waals surface area contributed by atoms with Crippen LogP contribution in [0.5, 0.6) is 0 Å². The van der Waals surface area contributed by atoms with Crippen molar-refractivity contribution in [3.05, 3.63) is 16.1 Å². The lowest BCUT2D eigenvalue weighted by molar-refractivity contribution is 0.359. The van der Waals surface area contributed by atoms with E-state index in [4.69, 9.17) is 0 Å². The number of hydrogen-bond acceptors (Lipinski definition) is 3. The lowest BCUT2D eigenvalue weighted by Gasteiger charge is -2.22. The summed E-state index contributed by atoms with van der Waals surface area (Å²) in [5.74, 6) is 0.941. The van der Waals surface area contributed by atoms with Crippen LogP contribution in [0.1, 0.15) is 50.7 Å². The molecule has 0 aliphatic carbocycles. The van der Waals surface area contributed by atoms with Gasteiger partial charge in [0.1, 0.15) is 0 Å². The maximum atomic E-state index is 4.50. The van der Waals surface area contributed by atoms with Crippen molar-refractivity contribution < 1.29 is 0 Å². The van der Waals surface area contributed by atoms with Crippen LogP contribution in [-0.4, -0.2) is 36.5 Å². The van der Waals surface area contributed by atoms with Gasteiger partial charge in [0.25, 0.3) is 0 Å². The number of aromatic nitrogens is 1. The molecule has 1 aromatic heterocycles. The van der Waals surface area contributed by atoms with Gasteiger partial charge in [-0.25, -0.2) is 4.98 Å². The van der Waals surface area contributed by atoms with Crippen LogP contribution in [0.4, 0.5) is 0 Å². The highest BCUT2D eigenvalue weighted by Crippen LogP contribution is 2.21. The molecule has 0 atom stereocenters. The van der Waals surface area contributed by atoms with E-state index in [9.17, 15) is 0 Å². The van der Waals surface area contributed by atoms with E-state index in [1.807, 2.05) is 14.0 Å². The van der Waals surface area contributed by atoms with E-state index in [2.05, 4.69) is 53.4 Å².